The van der Waals surface area contributed by atoms with Gasteiger partial charge in [0.2, 0.25) is 0 Å². The Morgan fingerprint density at radius 3 is 2.52 bits per heavy atom. The molecule has 0 N–H and O–H groups in total. The van der Waals surface area contributed by atoms with Crippen LogP contribution in [-0.4, -0.2) is 34.7 Å². The van der Waals surface area contributed by atoms with Crippen LogP contribution in [0.25, 0.3) is 16.9 Å². The summed E-state index contributed by atoms with van der Waals surface area (Å²) in [6.45, 7) is 0. The quantitative estimate of drug-likeness (QED) is 0.610. The van der Waals surface area contributed by atoms with E-state index in [1.165, 1.54) is 0 Å². The molecule has 1 atom stereocenters. The van der Waals surface area contributed by atoms with Crippen LogP contribution in [0.2, 0.25) is 0 Å². The van der Waals surface area contributed by atoms with E-state index in [4.69, 9.17) is 9.47 Å². The molecular formula is C23H22N2O4. The summed E-state index contributed by atoms with van der Waals surface area (Å²) in [6.07, 6.45) is 3.78. The number of hydrogen-bond donors (Lipinski definition) is 0. The van der Waals surface area contributed by atoms with Gasteiger partial charge in [0.25, 0.3) is 0 Å². The maximum Gasteiger partial charge on any atom is 0.342 e. The highest BCUT2D eigenvalue weighted by atomic mass is 16.5. The zero-order chi connectivity index (χ0) is 20.2. The predicted molar refractivity (Wildman–Crippen MR) is 108 cm³/mol. The second kappa shape index (κ2) is 8.31. The minimum atomic E-state index is -0.667. The van der Waals surface area contributed by atoms with Gasteiger partial charge in [-0.1, -0.05) is 18.2 Å². The fraction of sp³-hybridized carbons (Fsp3) is 0.261. The van der Waals surface area contributed by atoms with Crippen molar-refractivity contribution in [1.82, 2.24) is 9.78 Å². The van der Waals surface area contributed by atoms with E-state index in [0.717, 1.165) is 24.1 Å². The number of carbonyl (C=O) groups excluding carboxylic acids is 2. The maximum atomic E-state index is 13.0. The first kappa shape index (κ1) is 18.9. The fourth-order valence-corrected chi connectivity index (χ4v) is 3.47. The van der Waals surface area contributed by atoms with E-state index in [-0.39, 0.29) is 5.78 Å². The van der Waals surface area contributed by atoms with Crippen LogP contribution in [0.5, 0.6) is 5.75 Å². The van der Waals surface area contributed by atoms with Crippen molar-refractivity contribution in [3.63, 3.8) is 0 Å². The molecule has 29 heavy (non-hydrogen) atoms. The predicted octanol–water partition coefficient (Wildman–Crippen LogP) is 4.22. The Hall–Kier alpha value is -3.41. The van der Waals surface area contributed by atoms with Crippen LogP contribution >= 0.6 is 0 Å². The number of Topliss-reactive ketones (excluding diaryl/α,β-unsaturated/α-hetero) is 1. The zero-order valence-corrected chi connectivity index (χ0v) is 16.2. The normalized spacial score (nSPS) is 16.4. The smallest absolute Gasteiger partial charge is 0.342 e. The first-order valence-electron chi connectivity index (χ1n) is 9.69. The number of ketones is 1. The Balaban J connectivity index is 1.71. The number of methoxy groups -OCH3 is 1. The lowest BCUT2D eigenvalue weighted by Crippen LogP contribution is -2.30. The molecule has 0 amide bonds. The number of para-hydroxylation sites is 1. The van der Waals surface area contributed by atoms with Gasteiger partial charge in [-0.3, -0.25) is 4.79 Å². The van der Waals surface area contributed by atoms with Gasteiger partial charge in [-0.25, -0.2) is 9.48 Å². The fourth-order valence-electron chi connectivity index (χ4n) is 3.47. The summed E-state index contributed by atoms with van der Waals surface area (Å²) >= 11 is 0. The highest BCUT2D eigenvalue weighted by molar-refractivity contribution is 5.98. The van der Waals surface area contributed by atoms with Crippen LogP contribution in [0.3, 0.4) is 0 Å². The Kier molecular flexibility index (Phi) is 5.42. The van der Waals surface area contributed by atoms with Gasteiger partial charge in [-0.05, 0) is 55.7 Å². The molecule has 1 aliphatic rings. The molecule has 2 aromatic carbocycles. The third kappa shape index (κ3) is 4.06. The number of benzene rings is 2. The molecular weight excluding hydrogens is 368 g/mol. The zero-order valence-electron chi connectivity index (χ0n) is 16.2. The second-order valence-electron chi connectivity index (χ2n) is 7.01. The van der Waals surface area contributed by atoms with Gasteiger partial charge in [0.05, 0.1) is 12.8 Å². The average molecular weight is 390 g/mol. The molecule has 3 aromatic rings. The van der Waals surface area contributed by atoms with Crippen molar-refractivity contribution in [3.8, 4) is 22.7 Å². The van der Waals surface area contributed by atoms with E-state index >= 15 is 0 Å². The summed E-state index contributed by atoms with van der Waals surface area (Å²) in [5.41, 5.74) is 2.43. The summed E-state index contributed by atoms with van der Waals surface area (Å²) in [4.78, 5) is 25.1. The van der Waals surface area contributed by atoms with Gasteiger partial charge in [-0.15, -0.1) is 0 Å². The Labute approximate surface area is 169 Å². The molecule has 148 valence electrons. The van der Waals surface area contributed by atoms with E-state index < -0.39 is 12.1 Å². The standard InChI is InChI=1S/C23H22N2O4/c1-28-18-13-11-16(12-14-18)22-19(15-25(24-22)17-7-3-2-4-8-17)23(27)29-21-10-6-5-9-20(21)26/h2-4,7-8,11-15,21H,5-6,9-10H2,1H3/t21-/m1/s1. The SMILES string of the molecule is COc1ccc(-c2nn(-c3ccccc3)cc2C(=O)O[C@@H]2CCCCC2=O)cc1. The van der Waals surface area contributed by atoms with E-state index in [9.17, 15) is 9.59 Å². The van der Waals surface area contributed by atoms with Crippen molar-refractivity contribution >= 4 is 11.8 Å². The lowest BCUT2D eigenvalue weighted by atomic mass is 9.96. The van der Waals surface area contributed by atoms with Gasteiger partial charge in [0.15, 0.2) is 11.9 Å². The number of nitrogens with zero attached hydrogens (tertiary/aromatic N) is 2. The molecule has 0 spiro atoms. The molecule has 6 nitrogen and oxygen atoms in total. The monoisotopic (exact) mass is 390 g/mol. The molecule has 4 rings (SSSR count). The second-order valence-corrected chi connectivity index (χ2v) is 7.01. The molecule has 1 saturated carbocycles. The minimum Gasteiger partial charge on any atom is -0.497 e. The van der Waals surface area contributed by atoms with Crippen molar-refractivity contribution in [2.45, 2.75) is 31.8 Å². The van der Waals surface area contributed by atoms with Crippen molar-refractivity contribution in [2.24, 2.45) is 0 Å². The lowest BCUT2D eigenvalue weighted by molar-refractivity contribution is -0.129. The maximum absolute atomic E-state index is 13.0. The molecule has 0 radical (unpaired) electrons. The summed E-state index contributed by atoms with van der Waals surface area (Å²) in [5.74, 6) is 0.178. The van der Waals surface area contributed by atoms with Crippen molar-refractivity contribution in [2.75, 3.05) is 7.11 Å². The molecule has 1 aliphatic carbocycles. The summed E-state index contributed by atoms with van der Waals surface area (Å²) in [7, 11) is 1.60. The van der Waals surface area contributed by atoms with Crippen LogP contribution in [0.15, 0.2) is 60.8 Å². The average Bonchev–Trinajstić information content (AvgIpc) is 3.22. The first-order chi connectivity index (χ1) is 14.2. The number of aromatic nitrogens is 2. The lowest BCUT2D eigenvalue weighted by Gasteiger charge is -2.20. The topological polar surface area (TPSA) is 70.4 Å². The van der Waals surface area contributed by atoms with E-state index in [1.54, 1.807) is 18.0 Å². The molecule has 1 heterocycles. The Morgan fingerprint density at radius 2 is 1.83 bits per heavy atom. The van der Waals surface area contributed by atoms with Crippen LogP contribution in [-0.2, 0) is 9.53 Å². The van der Waals surface area contributed by atoms with Crippen molar-refractivity contribution in [3.05, 3.63) is 66.4 Å². The highest BCUT2D eigenvalue weighted by Gasteiger charge is 2.28. The van der Waals surface area contributed by atoms with Gasteiger partial charge in [0.1, 0.15) is 17.0 Å². The van der Waals surface area contributed by atoms with E-state index in [1.807, 2.05) is 54.6 Å². The highest BCUT2D eigenvalue weighted by Crippen LogP contribution is 2.27. The number of hydrogen-bond acceptors (Lipinski definition) is 5. The molecule has 1 aromatic heterocycles. The molecule has 0 aliphatic heterocycles. The molecule has 0 bridgehead atoms. The first-order valence-corrected chi connectivity index (χ1v) is 9.69. The van der Waals surface area contributed by atoms with Crippen molar-refractivity contribution < 1.29 is 19.1 Å². The number of esters is 1. The van der Waals surface area contributed by atoms with Crippen LogP contribution in [0.1, 0.15) is 36.0 Å². The molecule has 0 saturated heterocycles. The van der Waals surface area contributed by atoms with E-state index in [2.05, 4.69) is 5.10 Å². The number of ether oxygens (including phenoxy) is 2. The molecule has 6 heteroatoms. The van der Waals surface area contributed by atoms with Gasteiger partial charge < -0.3 is 9.47 Å². The largest absolute Gasteiger partial charge is 0.497 e. The van der Waals surface area contributed by atoms with Gasteiger partial charge >= 0.3 is 5.97 Å². The van der Waals surface area contributed by atoms with Gasteiger partial charge in [0, 0.05) is 18.2 Å². The summed E-state index contributed by atoms with van der Waals surface area (Å²) in [5, 5.41) is 4.63. The van der Waals surface area contributed by atoms with E-state index in [0.29, 0.717) is 29.8 Å². The third-order valence-electron chi connectivity index (χ3n) is 5.07. The molecule has 0 unspecified atom stereocenters. The van der Waals surface area contributed by atoms with Crippen LogP contribution in [0.4, 0.5) is 0 Å². The minimum absolute atomic E-state index is 0.00829. The van der Waals surface area contributed by atoms with Gasteiger partial charge in [-0.2, -0.15) is 5.10 Å². The van der Waals surface area contributed by atoms with Crippen LogP contribution < -0.4 is 4.74 Å². The Morgan fingerprint density at radius 1 is 1.07 bits per heavy atom. The summed E-state index contributed by atoms with van der Waals surface area (Å²) < 4.78 is 12.4. The number of carbonyl (C=O) groups is 2. The van der Waals surface area contributed by atoms with Crippen LogP contribution in [0, 0.1) is 0 Å². The third-order valence-corrected chi connectivity index (χ3v) is 5.07. The summed E-state index contributed by atoms with van der Waals surface area (Å²) in [6, 6.07) is 16.9. The number of rotatable bonds is 5. The van der Waals surface area contributed by atoms with Crippen molar-refractivity contribution in [1.29, 1.82) is 0 Å². The Bertz CT molecular complexity index is 1010. The molecule has 1 fully saturated rings.